The van der Waals surface area contributed by atoms with Gasteiger partial charge in [-0.05, 0) is 18.8 Å². The molecule has 2 rings (SSSR count). The molecule has 0 aromatic carbocycles. The monoisotopic (exact) mass is 239 g/mol. The van der Waals surface area contributed by atoms with Crippen LogP contribution in [-0.2, 0) is 0 Å². The summed E-state index contributed by atoms with van der Waals surface area (Å²) in [4.78, 5) is 37.6. The van der Waals surface area contributed by atoms with Gasteiger partial charge in [-0.1, -0.05) is 0 Å². The smallest absolute Gasteiger partial charge is 0.326 e. The zero-order chi connectivity index (χ0) is 12.4. The van der Waals surface area contributed by atoms with Gasteiger partial charge in [-0.3, -0.25) is 14.6 Å². The van der Waals surface area contributed by atoms with Crippen molar-refractivity contribution < 1.29 is 9.90 Å². The van der Waals surface area contributed by atoms with Crippen molar-refractivity contribution in [2.24, 2.45) is 5.92 Å². The van der Waals surface area contributed by atoms with Crippen LogP contribution in [0.15, 0.2) is 15.7 Å². The lowest BCUT2D eigenvalue weighted by Gasteiger charge is -2.10. The van der Waals surface area contributed by atoms with Crippen LogP contribution >= 0.6 is 0 Å². The molecule has 0 aliphatic heterocycles. The van der Waals surface area contributed by atoms with E-state index in [4.69, 9.17) is 0 Å². The summed E-state index contributed by atoms with van der Waals surface area (Å²) in [5, 5.41) is 12.0. The molecule has 7 heteroatoms. The second-order valence-electron chi connectivity index (χ2n) is 4.12. The first-order chi connectivity index (χ1) is 8.06. The average Bonchev–Trinajstić information content (AvgIpc) is 3.07. The van der Waals surface area contributed by atoms with Crippen molar-refractivity contribution in [1.29, 1.82) is 0 Å². The number of carbonyl (C=O) groups is 1. The molecule has 0 bridgehead atoms. The molecule has 1 fully saturated rings. The maximum Gasteiger partial charge on any atom is 0.326 e. The quantitative estimate of drug-likeness (QED) is 0.515. The van der Waals surface area contributed by atoms with Gasteiger partial charge in [0.15, 0.2) is 0 Å². The lowest BCUT2D eigenvalue weighted by Crippen LogP contribution is -2.36. The summed E-state index contributed by atoms with van der Waals surface area (Å²) in [5.41, 5.74) is -1.48. The summed E-state index contributed by atoms with van der Waals surface area (Å²) in [6.07, 6.45) is 1.38. The predicted molar refractivity (Wildman–Crippen MR) is 58.7 cm³/mol. The van der Waals surface area contributed by atoms with Crippen LogP contribution in [0.2, 0.25) is 0 Å². The highest BCUT2D eigenvalue weighted by Gasteiger charge is 2.29. The fraction of sp³-hybridized carbons (Fsp3) is 0.500. The molecule has 1 aromatic heterocycles. The number of amides is 1. The molecular formula is C10H13N3O4. The predicted octanol–water partition coefficient (Wildman–Crippen LogP) is -1.44. The molecule has 17 heavy (non-hydrogen) atoms. The van der Waals surface area contributed by atoms with Gasteiger partial charge in [-0.15, -0.1) is 0 Å². The summed E-state index contributed by atoms with van der Waals surface area (Å²) in [7, 11) is 0. The van der Waals surface area contributed by atoms with Gasteiger partial charge in [0.2, 0.25) is 0 Å². The summed E-state index contributed by atoms with van der Waals surface area (Å²) >= 11 is 0. The van der Waals surface area contributed by atoms with Crippen molar-refractivity contribution in [1.82, 2.24) is 15.3 Å². The second-order valence-corrected chi connectivity index (χ2v) is 4.12. The Hall–Kier alpha value is -1.89. The molecule has 1 saturated carbocycles. The SMILES string of the molecule is O=C(NCC(O)C1CC1)c1cc(=O)[nH]c(=O)[nH]1. The minimum absolute atomic E-state index is 0.109. The van der Waals surface area contributed by atoms with Gasteiger partial charge in [0.1, 0.15) is 5.69 Å². The first-order valence-electron chi connectivity index (χ1n) is 5.36. The van der Waals surface area contributed by atoms with E-state index >= 15 is 0 Å². The van der Waals surface area contributed by atoms with E-state index in [-0.39, 0.29) is 18.2 Å². The van der Waals surface area contributed by atoms with Crippen molar-refractivity contribution in [2.75, 3.05) is 6.54 Å². The molecule has 1 heterocycles. The zero-order valence-electron chi connectivity index (χ0n) is 9.03. The average molecular weight is 239 g/mol. The van der Waals surface area contributed by atoms with E-state index < -0.39 is 23.3 Å². The van der Waals surface area contributed by atoms with Crippen LogP contribution in [0.1, 0.15) is 23.3 Å². The lowest BCUT2D eigenvalue weighted by molar-refractivity contribution is 0.0895. The highest BCUT2D eigenvalue weighted by Crippen LogP contribution is 2.32. The van der Waals surface area contributed by atoms with Crippen molar-refractivity contribution >= 4 is 5.91 Å². The Bertz CT molecular complexity index is 501. The Kier molecular flexibility index (Phi) is 3.10. The minimum atomic E-state index is -0.731. The van der Waals surface area contributed by atoms with Crippen LogP contribution in [0.25, 0.3) is 0 Å². The minimum Gasteiger partial charge on any atom is -0.391 e. The van der Waals surface area contributed by atoms with Gasteiger partial charge in [0.05, 0.1) is 6.10 Å². The third-order valence-corrected chi connectivity index (χ3v) is 2.64. The molecule has 1 atom stereocenters. The van der Waals surface area contributed by atoms with Crippen molar-refractivity contribution in [3.63, 3.8) is 0 Å². The van der Waals surface area contributed by atoms with E-state index in [2.05, 4.69) is 10.3 Å². The van der Waals surface area contributed by atoms with E-state index in [1.54, 1.807) is 0 Å². The molecule has 1 aliphatic rings. The number of aliphatic hydroxyl groups is 1. The summed E-state index contributed by atoms with van der Waals surface area (Å²) in [5.74, 6) is -0.318. The highest BCUT2D eigenvalue weighted by atomic mass is 16.3. The number of rotatable bonds is 4. The largest absolute Gasteiger partial charge is 0.391 e. The highest BCUT2D eigenvalue weighted by molar-refractivity contribution is 5.92. The Morgan fingerprint density at radius 1 is 1.47 bits per heavy atom. The van der Waals surface area contributed by atoms with Crippen LogP contribution in [0.4, 0.5) is 0 Å². The maximum absolute atomic E-state index is 11.6. The van der Waals surface area contributed by atoms with Gasteiger partial charge in [-0.25, -0.2) is 4.79 Å². The summed E-state index contributed by atoms with van der Waals surface area (Å²) in [6, 6.07) is 1.00. The van der Waals surface area contributed by atoms with Crippen molar-refractivity contribution in [2.45, 2.75) is 18.9 Å². The molecule has 0 saturated heterocycles. The van der Waals surface area contributed by atoms with E-state index in [1.807, 2.05) is 4.98 Å². The topological polar surface area (TPSA) is 115 Å². The standard InChI is InChI=1S/C10H13N3O4/c14-7(5-1-2-5)4-11-9(16)6-3-8(15)13-10(17)12-6/h3,5,7,14H,1-2,4H2,(H,11,16)(H2,12,13,15,17). The second kappa shape index (κ2) is 4.54. The number of hydrogen-bond acceptors (Lipinski definition) is 4. The first-order valence-corrected chi connectivity index (χ1v) is 5.36. The number of carbonyl (C=O) groups excluding carboxylic acids is 1. The molecule has 1 aliphatic carbocycles. The van der Waals surface area contributed by atoms with Gasteiger partial charge < -0.3 is 15.4 Å². The Morgan fingerprint density at radius 3 is 2.76 bits per heavy atom. The summed E-state index contributed by atoms with van der Waals surface area (Å²) < 4.78 is 0. The molecular weight excluding hydrogens is 226 g/mol. The number of aliphatic hydroxyl groups excluding tert-OH is 1. The fourth-order valence-corrected chi connectivity index (χ4v) is 1.53. The number of H-pyrrole nitrogens is 2. The number of aromatic nitrogens is 2. The van der Waals surface area contributed by atoms with Gasteiger partial charge >= 0.3 is 5.69 Å². The molecule has 4 N–H and O–H groups in total. The molecule has 92 valence electrons. The van der Waals surface area contributed by atoms with E-state index in [0.29, 0.717) is 0 Å². The zero-order valence-corrected chi connectivity index (χ0v) is 9.03. The third kappa shape index (κ3) is 3.04. The molecule has 0 radical (unpaired) electrons. The Balaban J connectivity index is 1.98. The van der Waals surface area contributed by atoms with Crippen molar-refractivity contribution in [3.8, 4) is 0 Å². The van der Waals surface area contributed by atoms with Crippen molar-refractivity contribution in [3.05, 3.63) is 32.6 Å². The maximum atomic E-state index is 11.6. The normalized spacial score (nSPS) is 16.5. The first kappa shape index (κ1) is 11.6. The molecule has 1 aromatic rings. The fourth-order valence-electron chi connectivity index (χ4n) is 1.53. The third-order valence-electron chi connectivity index (χ3n) is 2.64. The van der Waals surface area contributed by atoms with E-state index in [1.165, 1.54) is 0 Å². The van der Waals surface area contributed by atoms with Gasteiger partial charge in [0, 0.05) is 12.6 Å². The van der Waals surface area contributed by atoms with Crippen LogP contribution < -0.4 is 16.6 Å². The van der Waals surface area contributed by atoms with Crippen LogP contribution in [0.5, 0.6) is 0 Å². The molecule has 0 spiro atoms. The van der Waals surface area contributed by atoms with Gasteiger partial charge in [-0.2, -0.15) is 0 Å². The van der Waals surface area contributed by atoms with Crippen LogP contribution in [0, 0.1) is 5.92 Å². The molecule has 1 amide bonds. The lowest BCUT2D eigenvalue weighted by atomic mass is 10.2. The van der Waals surface area contributed by atoms with E-state index in [0.717, 1.165) is 18.9 Å². The van der Waals surface area contributed by atoms with Gasteiger partial charge in [0.25, 0.3) is 11.5 Å². The number of hydrogen-bond donors (Lipinski definition) is 4. The number of nitrogens with one attached hydrogen (secondary N) is 3. The number of aromatic amines is 2. The molecule has 7 nitrogen and oxygen atoms in total. The van der Waals surface area contributed by atoms with Crippen LogP contribution in [-0.4, -0.2) is 33.6 Å². The van der Waals surface area contributed by atoms with E-state index in [9.17, 15) is 19.5 Å². The molecule has 1 unspecified atom stereocenters. The van der Waals surface area contributed by atoms with Crippen LogP contribution in [0.3, 0.4) is 0 Å². The summed E-state index contributed by atoms with van der Waals surface area (Å²) in [6.45, 7) is 0.123. The Labute approximate surface area is 95.9 Å². The Morgan fingerprint density at radius 2 is 2.18 bits per heavy atom.